The largest absolute Gasteiger partial charge is 0.394 e. The second-order valence-corrected chi connectivity index (χ2v) is 5.40. The molecule has 102 valence electrons. The van der Waals surface area contributed by atoms with Gasteiger partial charge in [-0.1, -0.05) is 6.92 Å². The minimum absolute atomic E-state index is 0.124. The Morgan fingerprint density at radius 2 is 1.65 bits per heavy atom. The van der Waals surface area contributed by atoms with Crippen LogP contribution in [0, 0.1) is 0 Å². The lowest BCUT2D eigenvalue weighted by Gasteiger charge is -2.36. The molecule has 1 unspecified atom stereocenters. The van der Waals surface area contributed by atoms with Gasteiger partial charge in [-0.05, 0) is 33.4 Å². The van der Waals surface area contributed by atoms with E-state index in [2.05, 4.69) is 29.0 Å². The lowest BCUT2D eigenvalue weighted by Crippen LogP contribution is -2.50. The fourth-order valence-corrected chi connectivity index (χ4v) is 2.24. The smallest absolute Gasteiger partial charge is 0.0610 e. The summed E-state index contributed by atoms with van der Waals surface area (Å²) in [5, 5.41) is 12.5. The van der Waals surface area contributed by atoms with Crippen molar-refractivity contribution in [1.82, 2.24) is 15.1 Å². The van der Waals surface area contributed by atoms with E-state index in [1.165, 1.54) is 39.1 Å². The highest BCUT2D eigenvalue weighted by Crippen LogP contribution is 2.10. The van der Waals surface area contributed by atoms with E-state index in [9.17, 15) is 5.11 Å². The van der Waals surface area contributed by atoms with Crippen molar-refractivity contribution in [3.05, 3.63) is 0 Å². The van der Waals surface area contributed by atoms with Crippen LogP contribution in [-0.4, -0.2) is 73.4 Å². The van der Waals surface area contributed by atoms with Crippen LogP contribution in [0.25, 0.3) is 0 Å². The lowest BCUT2D eigenvalue weighted by molar-refractivity contribution is 0.108. The summed E-state index contributed by atoms with van der Waals surface area (Å²) in [6.07, 6.45) is 2.26. The molecule has 1 rings (SSSR count). The average Bonchev–Trinajstić information content (AvgIpc) is 2.38. The van der Waals surface area contributed by atoms with Crippen molar-refractivity contribution >= 4 is 0 Å². The number of aliphatic hydroxyl groups excluding tert-OH is 1. The van der Waals surface area contributed by atoms with Gasteiger partial charge in [0.1, 0.15) is 0 Å². The molecule has 0 aromatic heterocycles. The summed E-state index contributed by atoms with van der Waals surface area (Å²) >= 11 is 0. The molecule has 0 aromatic rings. The van der Waals surface area contributed by atoms with Crippen LogP contribution in [0.3, 0.4) is 0 Å². The molecule has 0 spiro atoms. The lowest BCUT2D eigenvalue weighted by atomic mass is 9.99. The number of piperazine rings is 1. The van der Waals surface area contributed by atoms with E-state index in [-0.39, 0.29) is 12.1 Å². The quantitative estimate of drug-likeness (QED) is 0.678. The first-order valence-electron chi connectivity index (χ1n) is 6.88. The molecule has 0 bridgehead atoms. The van der Waals surface area contributed by atoms with E-state index in [1.54, 1.807) is 0 Å². The van der Waals surface area contributed by atoms with Gasteiger partial charge in [-0.25, -0.2) is 0 Å². The Morgan fingerprint density at radius 1 is 1.12 bits per heavy atom. The minimum Gasteiger partial charge on any atom is -0.394 e. The highest BCUT2D eigenvalue weighted by atomic mass is 16.3. The minimum atomic E-state index is -0.124. The molecule has 0 amide bonds. The first-order chi connectivity index (χ1) is 8.13. The van der Waals surface area contributed by atoms with Crippen molar-refractivity contribution in [2.24, 2.45) is 0 Å². The molecule has 1 fully saturated rings. The van der Waals surface area contributed by atoms with E-state index in [1.807, 2.05) is 7.05 Å². The van der Waals surface area contributed by atoms with Gasteiger partial charge in [0, 0.05) is 38.3 Å². The zero-order chi connectivity index (χ0) is 12.7. The van der Waals surface area contributed by atoms with Crippen molar-refractivity contribution in [3.8, 4) is 0 Å². The summed E-state index contributed by atoms with van der Waals surface area (Å²) in [5.41, 5.74) is -0.124. The molecule has 1 atom stereocenters. The van der Waals surface area contributed by atoms with Crippen LogP contribution in [0.2, 0.25) is 0 Å². The van der Waals surface area contributed by atoms with Gasteiger partial charge in [0.2, 0.25) is 0 Å². The van der Waals surface area contributed by atoms with Crippen LogP contribution in [0.1, 0.15) is 26.7 Å². The Balaban J connectivity index is 2.22. The van der Waals surface area contributed by atoms with Crippen molar-refractivity contribution in [2.45, 2.75) is 32.2 Å². The van der Waals surface area contributed by atoms with Crippen molar-refractivity contribution < 1.29 is 5.11 Å². The second kappa shape index (κ2) is 7.31. The van der Waals surface area contributed by atoms with Crippen LogP contribution in [-0.2, 0) is 0 Å². The topological polar surface area (TPSA) is 38.7 Å². The monoisotopic (exact) mass is 243 g/mol. The highest BCUT2D eigenvalue weighted by molar-refractivity contribution is 4.83. The molecule has 4 heteroatoms. The molecule has 17 heavy (non-hydrogen) atoms. The second-order valence-electron chi connectivity index (χ2n) is 5.40. The highest BCUT2D eigenvalue weighted by Gasteiger charge is 2.23. The van der Waals surface area contributed by atoms with E-state index >= 15 is 0 Å². The molecule has 0 aromatic carbocycles. The van der Waals surface area contributed by atoms with E-state index in [0.717, 1.165) is 13.0 Å². The molecular formula is C13H29N3O. The summed E-state index contributed by atoms with van der Waals surface area (Å²) in [4.78, 5) is 5.05. The van der Waals surface area contributed by atoms with Gasteiger partial charge in [-0.3, -0.25) is 0 Å². The van der Waals surface area contributed by atoms with E-state index in [0.29, 0.717) is 0 Å². The summed E-state index contributed by atoms with van der Waals surface area (Å²) in [7, 11) is 1.93. The maximum absolute atomic E-state index is 9.34. The number of nitrogens with zero attached hydrogens (tertiary/aromatic N) is 2. The zero-order valence-electron chi connectivity index (χ0n) is 11.7. The number of likely N-dealkylation sites (N-methyl/N-ethyl adjacent to an activating group) is 1. The van der Waals surface area contributed by atoms with Crippen molar-refractivity contribution in [3.63, 3.8) is 0 Å². The third-order valence-corrected chi connectivity index (χ3v) is 3.94. The Bertz CT molecular complexity index is 199. The fourth-order valence-electron chi connectivity index (χ4n) is 2.24. The molecule has 1 aliphatic rings. The molecule has 0 radical (unpaired) electrons. The predicted octanol–water partition coefficient (Wildman–Crippen LogP) is 0.375. The van der Waals surface area contributed by atoms with Gasteiger partial charge in [-0.2, -0.15) is 0 Å². The number of rotatable bonds is 7. The number of nitrogens with one attached hydrogen (secondary N) is 1. The van der Waals surface area contributed by atoms with Crippen LogP contribution < -0.4 is 5.32 Å². The molecule has 4 nitrogen and oxygen atoms in total. The maximum atomic E-state index is 9.34. The molecule has 0 aliphatic carbocycles. The standard InChI is InChI=1S/C13H29N3O/c1-4-6-15-8-10-16(11-9-15)7-5-13(2,12-17)14-3/h14,17H,4-12H2,1-3H3. The number of hydrogen-bond donors (Lipinski definition) is 2. The first-order valence-corrected chi connectivity index (χ1v) is 6.88. The van der Waals surface area contributed by atoms with Gasteiger partial charge >= 0.3 is 0 Å². The van der Waals surface area contributed by atoms with Crippen LogP contribution in [0.15, 0.2) is 0 Å². The van der Waals surface area contributed by atoms with Gasteiger partial charge in [0.15, 0.2) is 0 Å². The first kappa shape index (κ1) is 14.9. The summed E-state index contributed by atoms with van der Waals surface area (Å²) < 4.78 is 0. The SMILES string of the molecule is CCCN1CCN(CCC(C)(CO)NC)CC1. The molecule has 1 saturated heterocycles. The van der Waals surface area contributed by atoms with Gasteiger partial charge in [-0.15, -0.1) is 0 Å². The van der Waals surface area contributed by atoms with Crippen LogP contribution in [0.4, 0.5) is 0 Å². The van der Waals surface area contributed by atoms with Gasteiger partial charge in [0.05, 0.1) is 6.61 Å². The molecular weight excluding hydrogens is 214 g/mol. The molecule has 1 aliphatic heterocycles. The summed E-state index contributed by atoms with van der Waals surface area (Å²) in [6, 6.07) is 0. The average molecular weight is 243 g/mol. The Hall–Kier alpha value is -0.160. The Morgan fingerprint density at radius 3 is 2.06 bits per heavy atom. The number of aliphatic hydroxyl groups is 1. The molecule has 1 heterocycles. The zero-order valence-corrected chi connectivity index (χ0v) is 11.7. The Kier molecular flexibility index (Phi) is 6.41. The molecule has 2 N–H and O–H groups in total. The molecule has 0 saturated carbocycles. The summed E-state index contributed by atoms with van der Waals surface area (Å²) in [6.45, 7) is 11.6. The van der Waals surface area contributed by atoms with Crippen LogP contribution in [0.5, 0.6) is 0 Å². The van der Waals surface area contributed by atoms with Crippen molar-refractivity contribution in [1.29, 1.82) is 0 Å². The number of hydrogen-bond acceptors (Lipinski definition) is 4. The maximum Gasteiger partial charge on any atom is 0.0610 e. The fraction of sp³-hybridized carbons (Fsp3) is 1.00. The van der Waals surface area contributed by atoms with Crippen molar-refractivity contribution in [2.75, 3.05) is 52.9 Å². The van der Waals surface area contributed by atoms with Gasteiger partial charge < -0.3 is 20.2 Å². The normalized spacial score (nSPS) is 22.6. The van der Waals surface area contributed by atoms with Gasteiger partial charge in [0.25, 0.3) is 0 Å². The predicted molar refractivity (Wildman–Crippen MR) is 72.3 cm³/mol. The van der Waals surface area contributed by atoms with Crippen LogP contribution >= 0.6 is 0 Å². The Labute approximate surface area is 106 Å². The van der Waals surface area contributed by atoms with E-state index in [4.69, 9.17) is 0 Å². The summed E-state index contributed by atoms with van der Waals surface area (Å²) in [5.74, 6) is 0. The third kappa shape index (κ3) is 4.92. The van der Waals surface area contributed by atoms with E-state index < -0.39 is 0 Å². The third-order valence-electron chi connectivity index (χ3n) is 3.94.